The molecule has 0 bridgehead atoms. The molecule has 0 fully saturated rings. The van der Waals surface area contributed by atoms with Crippen molar-refractivity contribution in [3.05, 3.63) is 53.9 Å². The first kappa shape index (κ1) is 10.8. The maximum Gasteiger partial charge on any atom is 0.123 e. The smallest absolute Gasteiger partial charge is 0.123 e. The third kappa shape index (κ3) is 1.97. The van der Waals surface area contributed by atoms with Gasteiger partial charge in [-0.2, -0.15) is 0 Å². The molecule has 0 aliphatic carbocycles. The molecule has 1 unspecified atom stereocenters. The quantitative estimate of drug-likeness (QED) is 0.854. The number of imidazole rings is 1. The van der Waals surface area contributed by atoms with Crippen molar-refractivity contribution in [1.29, 1.82) is 0 Å². The third-order valence-electron chi connectivity index (χ3n) is 2.64. The van der Waals surface area contributed by atoms with Crippen LogP contribution in [-0.2, 0) is 7.05 Å². The molecule has 2 aromatic rings. The zero-order chi connectivity index (χ0) is 11.5. The Labute approximate surface area is 93.9 Å². The Balaban J connectivity index is 2.37. The Morgan fingerprint density at radius 2 is 2.00 bits per heavy atom. The van der Waals surface area contributed by atoms with Crippen LogP contribution in [0.25, 0.3) is 0 Å². The summed E-state index contributed by atoms with van der Waals surface area (Å²) in [6.45, 7) is 0. The summed E-state index contributed by atoms with van der Waals surface area (Å²) in [4.78, 5) is 4.08. The van der Waals surface area contributed by atoms with Crippen molar-refractivity contribution in [3.8, 4) is 0 Å². The average Bonchev–Trinajstić information content (AvgIpc) is 2.69. The fraction of sp³-hybridized carbons (Fsp3) is 0.250. The highest BCUT2D eigenvalue weighted by atomic mass is 19.1. The summed E-state index contributed by atoms with van der Waals surface area (Å²) in [5.74, 6) is -0.219. The highest BCUT2D eigenvalue weighted by molar-refractivity contribution is 5.27. The van der Waals surface area contributed by atoms with E-state index in [9.17, 15) is 4.39 Å². The second-order valence-corrected chi connectivity index (χ2v) is 3.70. The number of aryl methyl sites for hydroxylation is 1. The average molecular weight is 219 g/mol. The molecule has 3 nitrogen and oxygen atoms in total. The molecule has 0 radical (unpaired) electrons. The topological polar surface area (TPSA) is 29.9 Å². The molecule has 0 spiro atoms. The van der Waals surface area contributed by atoms with Crippen LogP contribution in [0.15, 0.2) is 36.8 Å². The number of nitrogens with one attached hydrogen (secondary N) is 1. The van der Waals surface area contributed by atoms with E-state index in [-0.39, 0.29) is 11.9 Å². The van der Waals surface area contributed by atoms with Gasteiger partial charge in [0.15, 0.2) is 0 Å². The van der Waals surface area contributed by atoms with E-state index in [4.69, 9.17) is 0 Å². The number of rotatable bonds is 3. The lowest BCUT2D eigenvalue weighted by atomic mass is 10.0. The Kier molecular flexibility index (Phi) is 3.01. The van der Waals surface area contributed by atoms with Crippen molar-refractivity contribution in [3.63, 3.8) is 0 Å². The van der Waals surface area contributed by atoms with Gasteiger partial charge in [0, 0.05) is 7.05 Å². The van der Waals surface area contributed by atoms with Gasteiger partial charge in [0.05, 0.1) is 24.3 Å². The van der Waals surface area contributed by atoms with Crippen molar-refractivity contribution in [2.45, 2.75) is 6.04 Å². The lowest BCUT2D eigenvalue weighted by molar-refractivity contribution is 0.616. The molecule has 16 heavy (non-hydrogen) atoms. The van der Waals surface area contributed by atoms with Crippen molar-refractivity contribution in [1.82, 2.24) is 14.9 Å². The second kappa shape index (κ2) is 4.45. The van der Waals surface area contributed by atoms with Crippen LogP contribution in [0.5, 0.6) is 0 Å². The highest BCUT2D eigenvalue weighted by Gasteiger charge is 2.14. The summed E-state index contributed by atoms with van der Waals surface area (Å²) >= 11 is 0. The van der Waals surface area contributed by atoms with Crippen LogP contribution in [0, 0.1) is 5.82 Å². The predicted octanol–water partition coefficient (Wildman–Crippen LogP) is 1.87. The Hall–Kier alpha value is -1.68. The molecule has 0 aliphatic heterocycles. The SMILES string of the molecule is CNC(c1ccc(F)cc1)c1cncn1C. The molecule has 0 amide bonds. The van der Waals surface area contributed by atoms with E-state index in [1.165, 1.54) is 12.1 Å². The zero-order valence-electron chi connectivity index (χ0n) is 9.31. The van der Waals surface area contributed by atoms with Gasteiger partial charge in [0.25, 0.3) is 0 Å². The molecule has 84 valence electrons. The summed E-state index contributed by atoms with van der Waals surface area (Å²) in [6.07, 6.45) is 3.56. The van der Waals surface area contributed by atoms with Crippen molar-refractivity contribution in [2.75, 3.05) is 7.05 Å². The Morgan fingerprint density at radius 3 is 2.50 bits per heavy atom. The van der Waals surface area contributed by atoms with E-state index in [0.717, 1.165) is 11.3 Å². The molecule has 1 heterocycles. The lowest BCUT2D eigenvalue weighted by Crippen LogP contribution is -2.20. The first-order chi connectivity index (χ1) is 7.72. The van der Waals surface area contributed by atoms with Gasteiger partial charge in [0.1, 0.15) is 5.82 Å². The summed E-state index contributed by atoms with van der Waals surface area (Å²) in [5.41, 5.74) is 2.07. The fourth-order valence-electron chi connectivity index (χ4n) is 1.79. The Bertz CT molecular complexity index is 461. The lowest BCUT2D eigenvalue weighted by Gasteiger charge is -2.17. The van der Waals surface area contributed by atoms with Crippen LogP contribution < -0.4 is 5.32 Å². The molecule has 2 rings (SSSR count). The Morgan fingerprint density at radius 1 is 1.31 bits per heavy atom. The molecule has 4 heteroatoms. The number of nitrogens with zero attached hydrogens (tertiary/aromatic N) is 2. The van der Waals surface area contributed by atoms with Crippen LogP contribution in [0.1, 0.15) is 17.3 Å². The van der Waals surface area contributed by atoms with E-state index in [1.807, 2.05) is 24.9 Å². The molecular formula is C12H14FN3. The van der Waals surface area contributed by atoms with Gasteiger partial charge >= 0.3 is 0 Å². The van der Waals surface area contributed by atoms with Gasteiger partial charge in [0.2, 0.25) is 0 Å². The molecule has 1 N–H and O–H groups in total. The predicted molar refractivity (Wildman–Crippen MR) is 60.5 cm³/mol. The summed E-state index contributed by atoms with van der Waals surface area (Å²) in [7, 11) is 3.82. The van der Waals surface area contributed by atoms with E-state index in [1.54, 1.807) is 18.5 Å². The summed E-state index contributed by atoms with van der Waals surface area (Å²) in [6, 6.07) is 6.53. The van der Waals surface area contributed by atoms with E-state index < -0.39 is 0 Å². The highest BCUT2D eigenvalue weighted by Crippen LogP contribution is 2.20. The van der Waals surface area contributed by atoms with Crippen LogP contribution in [0.2, 0.25) is 0 Å². The molecule has 0 aliphatic rings. The van der Waals surface area contributed by atoms with Gasteiger partial charge in [-0.1, -0.05) is 12.1 Å². The molecule has 1 aromatic carbocycles. The third-order valence-corrected chi connectivity index (χ3v) is 2.64. The number of hydrogen-bond donors (Lipinski definition) is 1. The van der Waals surface area contributed by atoms with E-state index in [0.29, 0.717) is 0 Å². The zero-order valence-corrected chi connectivity index (χ0v) is 9.31. The van der Waals surface area contributed by atoms with Crippen molar-refractivity contribution < 1.29 is 4.39 Å². The fourth-order valence-corrected chi connectivity index (χ4v) is 1.79. The standard InChI is InChI=1S/C12H14FN3/c1-14-12(11-7-15-8-16(11)2)9-3-5-10(13)6-4-9/h3-8,12,14H,1-2H3. The van der Waals surface area contributed by atoms with Crippen LogP contribution in [0.4, 0.5) is 4.39 Å². The number of aromatic nitrogens is 2. The summed E-state index contributed by atoms with van der Waals surface area (Å²) < 4.78 is 14.8. The number of benzene rings is 1. The van der Waals surface area contributed by atoms with Crippen LogP contribution in [-0.4, -0.2) is 16.6 Å². The first-order valence-electron chi connectivity index (χ1n) is 5.11. The van der Waals surface area contributed by atoms with Crippen LogP contribution in [0.3, 0.4) is 0 Å². The largest absolute Gasteiger partial charge is 0.336 e. The minimum Gasteiger partial charge on any atom is -0.336 e. The summed E-state index contributed by atoms with van der Waals surface area (Å²) in [5, 5.41) is 3.20. The van der Waals surface area contributed by atoms with Gasteiger partial charge in [-0.25, -0.2) is 9.37 Å². The maximum absolute atomic E-state index is 12.8. The van der Waals surface area contributed by atoms with Crippen molar-refractivity contribution in [2.24, 2.45) is 7.05 Å². The molecule has 0 saturated carbocycles. The van der Waals surface area contributed by atoms with E-state index >= 15 is 0 Å². The van der Waals surface area contributed by atoms with Gasteiger partial charge < -0.3 is 9.88 Å². The molecular weight excluding hydrogens is 205 g/mol. The van der Waals surface area contributed by atoms with Gasteiger partial charge in [-0.3, -0.25) is 0 Å². The first-order valence-corrected chi connectivity index (χ1v) is 5.11. The number of hydrogen-bond acceptors (Lipinski definition) is 2. The second-order valence-electron chi connectivity index (χ2n) is 3.70. The normalized spacial score (nSPS) is 12.7. The number of halogens is 1. The monoisotopic (exact) mass is 219 g/mol. The molecule has 1 atom stereocenters. The van der Waals surface area contributed by atoms with E-state index in [2.05, 4.69) is 10.3 Å². The molecule has 1 aromatic heterocycles. The minimum absolute atomic E-state index is 0.0353. The van der Waals surface area contributed by atoms with Crippen molar-refractivity contribution >= 4 is 0 Å². The minimum atomic E-state index is -0.219. The van der Waals surface area contributed by atoms with Gasteiger partial charge in [-0.15, -0.1) is 0 Å². The molecule has 0 saturated heterocycles. The maximum atomic E-state index is 12.8. The van der Waals surface area contributed by atoms with Crippen LogP contribution >= 0.6 is 0 Å². The van der Waals surface area contributed by atoms with Gasteiger partial charge in [-0.05, 0) is 24.7 Å².